The topological polar surface area (TPSA) is 32.5 Å². The molecule has 5 aromatic rings. The smallest absolute Gasteiger partial charge is 0.299 e. The average molecular weight is 746 g/mol. The van der Waals surface area contributed by atoms with Crippen molar-refractivity contribution >= 4 is 57.6 Å². The Bertz CT molecular complexity index is 2370. The van der Waals surface area contributed by atoms with Crippen LogP contribution in [0.25, 0.3) is 0 Å². The van der Waals surface area contributed by atoms with E-state index in [0.29, 0.717) is 0 Å². The van der Waals surface area contributed by atoms with Gasteiger partial charge < -0.3 is 9.32 Å². The van der Waals surface area contributed by atoms with E-state index in [4.69, 9.17) is 9.40 Å². The molecule has 0 fully saturated rings. The Morgan fingerprint density at radius 3 is 1.64 bits per heavy atom. The first-order valence-corrected chi connectivity index (χ1v) is 21.0. The third-order valence-corrected chi connectivity index (χ3v) is 13.1. The molecule has 4 nitrogen and oxygen atoms in total. The summed E-state index contributed by atoms with van der Waals surface area (Å²) in [5.41, 5.74) is 16.0. The van der Waals surface area contributed by atoms with Gasteiger partial charge in [0.2, 0.25) is 5.89 Å². The Morgan fingerprint density at radius 1 is 0.536 bits per heavy atom. The van der Waals surface area contributed by atoms with E-state index in [9.17, 15) is 0 Å². The molecule has 4 aromatic carbocycles. The zero-order valence-corrected chi connectivity index (χ0v) is 37.2. The van der Waals surface area contributed by atoms with Gasteiger partial charge in [0.05, 0.1) is 0 Å². The molecule has 56 heavy (non-hydrogen) atoms. The molecular weight excluding hydrogens is 681 g/mol. The lowest BCUT2D eigenvalue weighted by Gasteiger charge is -2.44. The number of fused-ring (bicyclic) bond motifs is 5. The van der Waals surface area contributed by atoms with Gasteiger partial charge in [-0.05, 0) is 121 Å². The highest BCUT2D eigenvalue weighted by Crippen LogP contribution is 2.50. The fourth-order valence-corrected chi connectivity index (χ4v) is 9.21. The van der Waals surface area contributed by atoms with Gasteiger partial charge in [0.15, 0.2) is 5.82 Å². The molecule has 3 aliphatic rings. The van der Waals surface area contributed by atoms with Gasteiger partial charge in [-0.1, -0.05) is 141 Å². The highest BCUT2D eigenvalue weighted by atomic mass is 16.4. The molecule has 0 atom stereocenters. The van der Waals surface area contributed by atoms with Gasteiger partial charge in [0, 0.05) is 33.9 Å². The van der Waals surface area contributed by atoms with Gasteiger partial charge in [-0.15, -0.1) is 0 Å². The normalized spacial score (nSPS) is 17.3. The molecule has 0 spiro atoms. The lowest BCUT2D eigenvalue weighted by Crippen LogP contribution is -2.61. The van der Waals surface area contributed by atoms with Crippen LogP contribution in [0.4, 0.5) is 34.3 Å². The molecule has 0 bridgehead atoms. The van der Waals surface area contributed by atoms with Crippen molar-refractivity contribution in [2.75, 3.05) is 9.80 Å². The monoisotopic (exact) mass is 746 g/mol. The van der Waals surface area contributed by atoms with Crippen LogP contribution in [0.3, 0.4) is 0 Å². The summed E-state index contributed by atoms with van der Waals surface area (Å²) in [5, 5.41) is 0. The van der Waals surface area contributed by atoms with Crippen molar-refractivity contribution < 1.29 is 4.42 Å². The van der Waals surface area contributed by atoms with Crippen molar-refractivity contribution in [3.63, 3.8) is 0 Å². The lowest BCUT2D eigenvalue weighted by molar-refractivity contribution is 0.332. The fourth-order valence-electron chi connectivity index (χ4n) is 9.21. The van der Waals surface area contributed by atoms with Gasteiger partial charge >= 0.3 is 0 Å². The van der Waals surface area contributed by atoms with Crippen molar-refractivity contribution in [3.8, 4) is 0 Å². The van der Waals surface area contributed by atoms with Gasteiger partial charge in [-0.3, -0.25) is 4.90 Å². The molecule has 0 saturated heterocycles. The maximum atomic E-state index is 7.16. The number of aromatic nitrogens is 1. The molecule has 1 aliphatic carbocycles. The molecule has 292 valence electrons. The van der Waals surface area contributed by atoms with E-state index in [2.05, 4.69) is 193 Å². The van der Waals surface area contributed by atoms with Gasteiger partial charge in [0.25, 0.3) is 6.71 Å². The van der Waals surface area contributed by atoms with Crippen molar-refractivity contribution in [1.29, 1.82) is 0 Å². The molecule has 5 heteroatoms. The summed E-state index contributed by atoms with van der Waals surface area (Å²) >= 11 is 0. The Kier molecular flexibility index (Phi) is 8.37. The van der Waals surface area contributed by atoms with Crippen LogP contribution in [0, 0.1) is 0 Å². The summed E-state index contributed by atoms with van der Waals surface area (Å²) in [6.45, 7) is 37.0. The quantitative estimate of drug-likeness (QED) is 0.165. The van der Waals surface area contributed by atoms with Crippen LogP contribution in [0.15, 0.2) is 77.2 Å². The minimum Gasteiger partial charge on any atom is -0.452 e. The summed E-state index contributed by atoms with van der Waals surface area (Å²) in [5.74, 6) is 1.68. The summed E-state index contributed by atoms with van der Waals surface area (Å²) in [4.78, 5) is 10.5. The van der Waals surface area contributed by atoms with E-state index >= 15 is 0 Å². The maximum absolute atomic E-state index is 7.16. The first kappa shape index (κ1) is 38.6. The van der Waals surface area contributed by atoms with E-state index in [0.717, 1.165) is 35.2 Å². The van der Waals surface area contributed by atoms with Gasteiger partial charge in [0.1, 0.15) is 5.66 Å². The molecule has 0 radical (unpaired) electrons. The number of benzene rings is 4. The van der Waals surface area contributed by atoms with E-state index in [-0.39, 0.29) is 39.2 Å². The number of hydrogen-bond acceptors (Lipinski definition) is 4. The molecule has 0 unspecified atom stereocenters. The molecule has 0 saturated carbocycles. The fraction of sp³-hybridized carbons (Fsp3) is 0.471. The number of oxazole rings is 1. The highest BCUT2D eigenvalue weighted by molar-refractivity contribution is 6.99. The second kappa shape index (κ2) is 12.1. The zero-order valence-electron chi connectivity index (χ0n) is 37.2. The highest BCUT2D eigenvalue weighted by Gasteiger charge is 2.49. The van der Waals surface area contributed by atoms with Crippen LogP contribution >= 0.6 is 0 Å². The molecular formula is C51H64BN3O. The average Bonchev–Trinajstić information content (AvgIpc) is 3.54. The second-order valence-electron chi connectivity index (χ2n) is 22.6. The summed E-state index contributed by atoms with van der Waals surface area (Å²) in [6, 6.07) is 28.6. The predicted octanol–water partition coefficient (Wildman–Crippen LogP) is 12.3. The SMILES string of the molecule is CC(C)(C)c1ccc(N2c3ccc(C(C)(C)C)cc3B3c4oc(C(C)(C)C)nc4N(c4ccc5c(c4)C(C)(C)CCC5(C)C)c4cc(C(C)(C)C)cc2c43)cc1. The number of anilines is 6. The summed E-state index contributed by atoms with van der Waals surface area (Å²) in [6.07, 6.45) is 2.34. The van der Waals surface area contributed by atoms with Gasteiger partial charge in [-0.25, -0.2) is 0 Å². The molecule has 0 amide bonds. The number of nitrogens with zero attached hydrogens (tertiary/aromatic N) is 3. The lowest BCUT2D eigenvalue weighted by atomic mass is 9.35. The predicted molar refractivity (Wildman–Crippen MR) is 241 cm³/mol. The first-order chi connectivity index (χ1) is 25.8. The molecule has 8 rings (SSSR count). The van der Waals surface area contributed by atoms with Crippen molar-refractivity contribution in [3.05, 3.63) is 107 Å². The minimum absolute atomic E-state index is 0.0291. The Balaban J connectivity index is 1.49. The van der Waals surface area contributed by atoms with E-state index in [1.54, 1.807) is 0 Å². The zero-order chi connectivity index (χ0) is 40.7. The molecule has 0 N–H and O–H groups in total. The van der Waals surface area contributed by atoms with E-state index < -0.39 is 0 Å². The van der Waals surface area contributed by atoms with Crippen molar-refractivity contribution in [2.24, 2.45) is 0 Å². The van der Waals surface area contributed by atoms with E-state index in [1.165, 1.54) is 62.2 Å². The van der Waals surface area contributed by atoms with Crippen LogP contribution in [0.1, 0.15) is 157 Å². The van der Waals surface area contributed by atoms with Crippen LogP contribution in [0.2, 0.25) is 0 Å². The largest absolute Gasteiger partial charge is 0.452 e. The van der Waals surface area contributed by atoms with Crippen molar-refractivity contribution in [2.45, 2.75) is 156 Å². The van der Waals surface area contributed by atoms with E-state index in [1.807, 2.05) is 0 Å². The van der Waals surface area contributed by atoms with Crippen LogP contribution in [-0.4, -0.2) is 11.7 Å². The molecule has 3 heterocycles. The number of hydrogen-bond donors (Lipinski definition) is 0. The Labute approximate surface area is 338 Å². The third-order valence-electron chi connectivity index (χ3n) is 13.1. The van der Waals surface area contributed by atoms with Crippen LogP contribution in [-0.2, 0) is 32.5 Å². The van der Waals surface area contributed by atoms with Crippen LogP contribution in [0.5, 0.6) is 0 Å². The van der Waals surface area contributed by atoms with Gasteiger partial charge in [-0.2, -0.15) is 4.98 Å². The first-order valence-electron chi connectivity index (χ1n) is 21.0. The maximum Gasteiger partial charge on any atom is 0.299 e. The Morgan fingerprint density at radius 2 is 1.07 bits per heavy atom. The Hall–Kier alpha value is -4.25. The minimum atomic E-state index is -0.276. The summed E-state index contributed by atoms with van der Waals surface area (Å²) < 4.78 is 7.16. The second-order valence-corrected chi connectivity index (χ2v) is 22.6. The molecule has 2 aliphatic heterocycles. The standard InChI is InChI=1S/C51H64BN3O/c1-46(2,3)31-17-20-34(21-18-31)54-39-24-19-32(47(4,5)6)27-38(39)52-42-40(54)28-33(48(7,8)9)29-41(42)55(44-43(52)56-45(53-44)49(10,11)12)35-22-23-36-37(30-35)51(15,16)26-25-50(36,13)14/h17-24,27-30H,25-26H2,1-16H3. The summed E-state index contributed by atoms with van der Waals surface area (Å²) in [7, 11) is 0. The van der Waals surface area contributed by atoms with Crippen LogP contribution < -0.4 is 26.4 Å². The van der Waals surface area contributed by atoms with Crippen molar-refractivity contribution in [1.82, 2.24) is 4.98 Å². The number of rotatable bonds is 2. The molecule has 1 aromatic heterocycles. The third kappa shape index (κ3) is 6.14.